The maximum atomic E-state index is 11.1. The van der Waals surface area contributed by atoms with Gasteiger partial charge in [-0.2, -0.15) is 0 Å². The van der Waals surface area contributed by atoms with E-state index >= 15 is 0 Å². The van der Waals surface area contributed by atoms with Crippen molar-refractivity contribution in [2.45, 2.75) is 13.5 Å². The standard InChI is InChI=1S/C14H17N5O3/c1-11-9-12(16-22-11)10-17-5-7-18(8-6-17)14-13(19(20)21)3-2-4-15-14/h2-4,9H,5-8,10H2,1H3. The summed E-state index contributed by atoms with van der Waals surface area (Å²) in [5.74, 6) is 1.25. The van der Waals surface area contributed by atoms with Gasteiger partial charge in [0.05, 0.1) is 10.6 Å². The number of aromatic nitrogens is 2. The van der Waals surface area contributed by atoms with Gasteiger partial charge in [0.15, 0.2) is 0 Å². The van der Waals surface area contributed by atoms with E-state index in [4.69, 9.17) is 4.52 Å². The lowest BCUT2D eigenvalue weighted by Gasteiger charge is -2.34. The van der Waals surface area contributed by atoms with Crippen LogP contribution >= 0.6 is 0 Å². The number of aryl methyl sites for hydroxylation is 1. The first-order valence-electron chi connectivity index (χ1n) is 7.12. The highest BCUT2D eigenvalue weighted by atomic mass is 16.6. The molecule has 3 rings (SSSR count). The molecule has 0 aliphatic carbocycles. The summed E-state index contributed by atoms with van der Waals surface area (Å²) in [5.41, 5.74) is 0.970. The Labute approximate surface area is 127 Å². The lowest BCUT2D eigenvalue weighted by molar-refractivity contribution is -0.384. The van der Waals surface area contributed by atoms with E-state index in [0.29, 0.717) is 18.9 Å². The quantitative estimate of drug-likeness (QED) is 0.626. The van der Waals surface area contributed by atoms with Crippen LogP contribution in [-0.4, -0.2) is 46.1 Å². The van der Waals surface area contributed by atoms with E-state index in [2.05, 4.69) is 15.0 Å². The third-order valence-electron chi connectivity index (χ3n) is 3.70. The second-order valence-corrected chi connectivity index (χ2v) is 5.30. The first kappa shape index (κ1) is 14.5. The monoisotopic (exact) mass is 303 g/mol. The number of nitro groups is 1. The molecule has 0 saturated carbocycles. The van der Waals surface area contributed by atoms with Gasteiger partial charge < -0.3 is 9.42 Å². The molecule has 1 aliphatic rings. The summed E-state index contributed by atoms with van der Waals surface area (Å²) in [6.45, 7) is 5.62. The van der Waals surface area contributed by atoms with E-state index in [1.54, 1.807) is 12.3 Å². The minimum Gasteiger partial charge on any atom is -0.361 e. The zero-order valence-electron chi connectivity index (χ0n) is 12.3. The van der Waals surface area contributed by atoms with Gasteiger partial charge in [-0.25, -0.2) is 4.98 Å². The van der Waals surface area contributed by atoms with Crippen LogP contribution in [0.15, 0.2) is 28.9 Å². The Bertz CT molecular complexity index is 664. The molecule has 22 heavy (non-hydrogen) atoms. The molecule has 2 aromatic rings. The summed E-state index contributed by atoms with van der Waals surface area (Å²) in [5, 5.41) is 15.1. The lowest BCUT2D eigenvalue weighted by atomic mass is 10.2. The molecule has 0 N–H and O–H groups in total. The molecule has 0 amide bonds. The molecular formula is C14H17N5O3. The van der Waals surface area contributed by atoms with E-state index in [0.717, 1.165) is 31.1 Å². The molecule has 0 aromatic carbocycles. The highest BCUT2D eigenvalue weighted by Gasteiger charge is 2.24. The second-order valence-electron chi connectivity index (χ2n) is 5.30. The predicted octanol–water partition coefficient (Wildman–Crippen LogP) is 1.61. The molecule has 8 nitrogen and oxygen atoms in total. The molecule has 0 unspecified atom stereocenters. The summed E-state index contributed by atoms with van der Waals surface area (Å²) in [6, 6.07) is 5.01. The minimum atomic E-state index is -0.382. The zero-order chi connectivity index (χ0) is 15.5. The first-order chi connectivity index (χ1) is 10.6. The Morgan fingerprint density at radius 1 is 1.36 bits per heavy atom. The van der Waals surface area contributed by atoms with Crippen LogP contribution in [0.2, 0.25) is 0 Å². The highest BCUT2D eigenvalue weighted by Crippen LogP contribution is 2.25. The normalized spacial score (nSPS) is 16.0. The van der Waals surface area contributed by atoms with Gasteiger partial charge in [0, 0.05) is 51.1 Å². The second kappa shape index (κ2) is 6.10. The largest absolute Gasteiger partial charge is 0.361 e. The van der Waals surface area contributed by atoms with Crippen LogP contribution in [0.4, 0.5) is 11.5 Å². The van der Waals surface area contributed by atoms with Crippen molar-refractivity contribution in [2.24, 2.45) is 0 Å². The Morgan fingerprint density at radius 2 is 2.14 bits per heavy atom. The van der Waals surface area contributed by atoms with Crippen molar-refractivity contribution in [1.82, 2.24) is 15.0 Å². The Kier molecular flexibility index (Phi) is 4.01. The van der Waals surface area contributed by atoms with E-state index in [9.17, 15) is 10.1 Å². The van der Waals surface area contributed by atoms with Crippen LogP contribution in [0.3, 0.4) is 0 Å². The molecule has 3 heterocycles. The third-order valence-corrected chi connectivity index (χ3v) is 3.70. The van der Waals surface area contributed by atoms with Gasteiger partial charge in [-0.15, -0.1) is 0 Å². The third kappa shape index (κ3) is 3.06. The van der Waals surface area contributed by atoms with Gasteiger partial charge in [0.25, 0.3) is 0 Å². The van der Waals surface area contributed by atoms with Crippen molar-refractivity contribution in [2.75, 3.05) is 31.1 Å². The van der Waals surface area contributed by atoms with Crippen molar-refractivity contribution in [1.29, 1.82) is 0 Å². The number of anilines is 1. The van der Waals surface area contributed by atoms with Crippen LogP contribution in [-0.2, 0) is 6.54 Å². The molecule has 1 aliphatic heterocycles. The average Bonchev–Trinajstić information content (AvgIpc) is 2.93. The summed E-state index contributed by atoms with van der Waals surface area (Å²) >= 11 is 0. The number of hydrogen-bond donors (Lipinski definition) is 0. The molecule has 116 valence electrons. The molecule has 0 bridgehead atoms. The SMILES string of the molecule is Cc1cc(CN2CCN(c3ncccc3[N+](=O)[O-])CC2)no1. The van der Waals surface area contributed by atoms with Crippen LogP contribution in [0, 0.1) is 17.0 Å². The predicted molar refractivity (Wildman–Crippen MR) is 79.6 cm³/mol. The first-order valence-corrected chi connectivity index (χ1v) is 7.12. The molecule has 1 saturated heterocycles. The summed E-state index contributed by atoms with van der Waals surface area (Å²) < 4.78 is 5.07. The van der Waals surface area contributed by atoms with Gasteiger partial charge in [-0.05, 0) is 13.0 Å². The molecule has 8 heteroatoms. The van der Waals surface area contributed by atoms with Crippen LogP contribution in [0.5, 0.6) is 0 Å². The fourth-order valence-electron chi connectivity index (χ4n) is 2.61. The van der Waals surface area contributed by atoms with E-state index in [1.807, 2.05) is 17.9 Å². The minimum absolute atomic E-state index is 0.0584. The number of piperazine rings is 1. The Hall–Kier alpha value is -2.48. The van der Waals surface area contributed by atoms with Gasteiger partial charge in [-0.1, -0.05) is 5.16 Å². The van der Waals surface area contributed by atoms with Gasteiger partial charge in [0.1, 0.15) is 5.76 Å². The van der Waals surface area contributed by atoms with E-state index < -0.39 is 0 Å². The maximum Gasteiger partial charge on any atom is 0.311 e. The van der Waals surface area contributed by atoms with Crippen molar-refractivity contribution in [3.05, 3.63) is 46.0 Å². The fourth-order valence-corrected chi connectivity index (χ4v) is 2.61. The zero-order valence-corrected chi connectivity index (χ0v) is 12.3. The number of nitrogens with zero attached hydrogens (tertiary/aromatic N) is 5. The Morgan fingerprint density at radius 3 is 2.77 bits per heavy atom. The molecule has 0 atom stereocenters. The van der Waals surface area contributed by atoms with Crippen molar-refractivity contribution >= 4 is 11.5 Å². The average molecular weight is 303 g/mol. The maximum absolute atomic E-state index is 11.1. The van der Waals surface area contributed by atoms with Crippen molar-refractivity contribution in [3.8, 4) is 0 Å². The van der Waals surface area contributed by atoms with Gasteiger partial charge >= 0.3 is 5.69 Å². The fraction of sp³-hybridized carbons (Fsp3) is 0.429. The van der Waals surface area contributed by atoms with Gasteiger partial charge in [-0.3, -0.25) is 15.0 Å². The van der Waals surface area contributed by atoms with E-state index in [-0.39, 0.29) is 10.6 Å². The molecule has 1 fully saturated rings. The van der Waals surface area contributed by atoms with Crippen LogP contribution in [0.1, 0.15) is 11.5 Å². The number of pyridine rings is 1. The number of hydrogen-bond acceptors (Lipinski definition) is 7. The van der Waals surface area contributed by atoms with E-state index in [1.165, 1.54) is 6.07 Å². The summed E-state index contributed by atoms with van der Waals surface area (Å²) in [4.78, 5) is 19.1. The van der Waals surface area contributed by atoms with Crippen LogP contribution < -0.4 is 4.90 Å². The molecule has 2 aromatic heterocycles. The Balaban J connectivity index is 1.63. The number of rotatable bonds is 4. The summed E-state index contributed by atoms with van der Waals surface area (Å²) in [7, 11) is 0. The van der Waals surface area contributed by atoms with Gasteiger partial charge in [0.2, 0.25) is 5.82 Å². The molecule has 0 radical (unpaired) electrons. The molecular weight excluding hydrogens is 286 g/mol. The lowest BCUT2D eigenvalue weighted by Crippen LogP contribution is -2.46. The highest BCUT2D eigenvalue weighted by molar-refractivity contribution is 5.57. The van der Waals surface area contributed by atoms with Crippen LogP contribution in [0.25, 0.3) is 0 Å². The topological polar surface area (TPSA) is 88.5 Å². The van der Waals surface area contributed by atoms with Crippen molar-refractivity contribution < 1.29 is 9.45 Å². The molecule has 0 spiro atoms. The summed E-state index contributed by atoms with van der Waals surface area (Å²) in [6.07, 6.45) is 1.59. The smallest absolute Gasteiger partial charge is 0.311 e. The van der Waals surface area contributed by atoms with Crippen molar-refractivity contribution in [3.63, 3.8) is 0 Å².